The first-order valence-corrected chi connectivity index (χ1v) is 28.2. The fraction of sp³-hybridized carbons (Fsp3) is 0.403. The molecule has 1 aromatic heterocycles. The minimum atomic E-state index is -0.934. The Hall–Kier alpha value is -6.13. The predicted molar refractivity (Wildman–Crippen MR) is 314 cm³/mol. The molecule has 4 heterocycles. The second kappa shape index (κ2) is 25.6. The molecule has 6 aromatic rings. The SMILES string of the molecule is CC.CC(C)(C)O.CC(C)(C)O.CSN1Cc2c(F)ccc(F)c2-c2c(C)c(-c3ccc4c(c3C)CCCO4)c(CC(=O)O)c(C)c21.CSN1Cc2nc(C)ccc2-c2c(C)c(-c3ccc(O)cc3)c(CC(=O)O)c(C)c21. The normalized spacial score (nSPS) is 12.9. The monoisotopic (exact) mass is 1090 g/mol. The molecule has 0 fully saturated rings. The van der Waals surface area contributed by atoms with Crippen molar-refractivity contribution in [3.8, 4) is 56.0 Å². The number of rotatable bonds is 8. The summed E-state index contributed by atoms with van der Waals surface area (Å²) in [7, 11) is 0. The van der Waals surface area contributed by atoms with Gasteiger partial charge in [-0.1, -0.05) is 62.0 Å². The number of aromatic nitrogens is 1. The number of hydrogen-bond acceptors (Lipinski definition) is 11. The summed E-state index contributed by atoms with van der Waals surface area (Å²) >= 11 is 3.05. The summed E-state index contributed by atoms with van der Waals surface area (Å²) in [5, 5.41) is 46.3. The highest BCUT2D eigenvalue weighted by atomic mass is 32.2. The summed E-state index contributed by atoms with van der Waals surface area (Å²) in [5.74, 6) is -1.67. The lowest BCUT2D eigenvalue weighted by atomic mass is 9.79. The van der Waals surface area contributed by atoms with Gasteiger partial charge in [0.2, 0.25) is 0 Å². The van der Waals surface area contributed by atoms with Gasteiger partial charge in [-0.15, -0.1) is 0 Å². The Kier molecular flexibility index (Phi) is 20.5. The van der Waals surface area contributed by atoms with Crippen LogP contribution in [0.1, 0.15) is 123 Å². The van der Waals surface area contributed by atoms with Crippen LogP contribution in [0.4, 0.5) is 20.2 Å². The van der Waals surface area contributed by atoms with E-state index in [2.05, 4.69) is 17.3 Å². The average molecular weight is 1090 g/mol. The number of benzene rings is 5. The quantitative estimate of drug-likeness (QED) is 0.0916. The smallest absolute Gasteiger partial charge is 0.307 e. The third kappa shape index (κ3) is 14.3. The number of phenolic OH excluding ortho intramolecular Hbond substituents is 1. The fourth-order valence-electron chi connectivity index (χ4n) is 10.1. The molecule has 3 aliphatic heterocycles. The third-order valence-corrected chi connectivity index (χ3v) is 14.5. The van der Waals surface area contributed by atoms with Gasteiger partial charge in [-0.3, -0.25) is 14.6 Å². The molecule has 0 atom stereocenters. The molecule has 0 bridgehead atoms. The van der Waals surface area contributed by atoms with Gasteiger partial charge >= 0.3 is 11.9 Å². The van der Waals surface area contributed by atoms with Crippen molar-refractivity contribution in [1.29, 1.82) is 0 Å². The lowest BCUT2D eigenvalue weighted by molar-refractivity contribution is -0.137. The number of nitrogens with zero attached hydrogens (tertiary/aromatic N) is 3. The summed E-state index contributed by atoms with van der Waals surface area (Å²) < 4.78 is 40.2. The minimum absolute atomic E-state index is 0.0581. The van der Waals surface area contributed by atoms with Crippen molar-refractivity contribution in [2.45, 2.75) is 147 Å². The molecule has 5 N–H and O–H groups in total. The molecule has 15 heteroatoms. The molecule has 9 rings (SSSR count). The molecule has 5 aromatic carbocycles. The topological polar surface area (TPSA) is 164 Å². The fourth-order valence-corrected chi connectivity index (χ4v) is 11.4. The summed E-state index contributed by atoms with van der Waals surface area (Å²) in [5.41, 5.74) is 17.0. The van der Waals surface area contributed by atoms with Crippen molar-refractivity contribution in [2.24, 2.45) is 0 Å². The summed E-state index contributed by atoms with van der Waals surface area (Å²) in [6.07, 6.45) is 5.50. The zero-order chi connectivity index (χ0) is 57.6. The second-order valence-electron chi connectivity index (χ2n) is 21.1. The van der Waals surface area contributed by atoms with E-state index in [1.807, 2.05) is 95.6 Å². The first kappa shape index (κ1) is 61.7. The van der Waals surface area contributed by atoms with Crippen LogP contribution in [0.3, 0.4) is 0 Å². The minimum Gasteiger partial charge on any atom is -0.508 e. The molecule has 0 saturated carbocycles. The summed E-state index contributed by atoms with van der Waals surface area (Å²) in [6, 6.07) is 17.4. The number of aryl methyl sites for hydroxylation is 1. The highest BCUT2D eigenvalue weighted by Gasteiger charge is 2.35. The molecule has 11 nitrogen and oxygen atoms in total. The van der Waals surface area contributed by atoms with E-state index in [1.165, 1.54) is 24.1 Å². The molecular weight excluding hydrogens is 1020 g/mol. The summed E-state index contributed by atoms with van der Waals surface area (Å²) in [4.78, 5) is 28.5. The van der Waals surface area contributed by atoms with Gasteiger partial charge in [-0.2, -0.15) is 0 Å². The van der Waals surface area contributed by atoms with Crippen LogP contribution >= 0.6 is 23.9 Å². The molecular formula is C62H77F2N3O8S2. The van der Waals surface area contributed by atoms with Gasteiger partial charge < -0.3 is 38.9 Å². The maximum absolute atomic E-state index is 15.3. The molecule has 0 amide bonds. The van der Waals surface area contributed by atoms with Crippen LogP contribution in [0.5, 0.6) is 11.5 Å². The van der Waals surface area contributed by atoms with E-state index in [0.29, 0.717) is 29.8 Å². The van der Waals surface area contributed by atoms with E-state index in [4.69, 9.17) is 19.9 Å². The first-order valence-electron chi connectivity index (χ1n) is 25.9. The van der Waals surface area contributed by atoms with Crippen LogP contribution in [0.15, 0.2) is 60.7 Å². The van der Waals surface area contributed by atoms with E-state index >= 15 is 4.39 Å². The highest BCUT2D eigenvalue weighted by molar-refractivity contribution is 8.00. The summed E-state index contributed by atoms with van der Waals surface area (Å²) in [6.45, 7) is 27.9. The van der Waals surface area contributed by atoms with E-state index in [9.17, 15) is 29.3 Å². The Labute approximate surface area is 463 Å². The molecule has 0 radical (unpaired) electrons. The largest absolute Gasteiger partial charge is 0.508 e. The van der Waals surface area contributed by atoms with Gasteiger partial charge in [0.25, 0.3) is 0 Å². The van der Waals surface area contributed by atoms with Crippen LogP contribution in [-0.2, 0) is 41.9 Å². The van der Waals surface area contributed by atoms with Crippen LogP contribution in [-0.4, -0.2) is 72.8 Å². The van der Waals surface area contributed by atoms with Crippen LogP contribution in [0.25, 0.3) is 44.5 Å². The first-order chi connectivity index (χ1) is 36.1. The molecule has 0 unspecified atom stereocenters. The maximum Gasteiger partial charge on any atom is 0.307 e. The van der Waals surface area contributed by atoms with Crippen LogP contribution in [0, 0.1) is 53.2 Å². The van der Waals surface area contributed by atoms with Crippen molar-refractivity contribution in [3.05, 3.63) is 134 Å². The molecule has 3 aliphatic rings. The van der Waals surface area contributed by atoms with Gasteiger partial charge in [0.1, 0.15) is 23.1 Å². The van der Waals surface area contributed by atoms with E-state index in [0.717, 1.165) is 114 Å². The number of pyridine rings is 1. The van der Waals surface area contributed by atoms with Crippen molar-refractivity contribution in [3.63, 3.8) is 0 Å². The standard InChI is InChI=1S/C28H27F2NO3S.C24H24N2O3S.2C4H10O.C2H6/c1-14-17-6-5-11-34-23(17)10-7-18(14)25-16(3)26-27-20(21(29)8-9-22(27)30)13-31(35-4)28(26)15(2)19(25)12-24(32)33;1-13-5-10-18-20(25-13)12-26(30-4)24-14(2)19(11-21(28)29)22(15(3)23(18)24)16-6-8-17(27)9-7-16;2*1-4(2,3)5;1-2/h7-10H,5-6,11-13H2,1-4H3,(H,32,33);5-10,27H,11-12H2,1-4H3,(H,28,29);2*5H,1-3H3;1-2H3. The number of ether oxygens (including phenoxy) is 1. The van der Waals surface area contributed by atoms with Crippen molar-refractivity contribution in [2.75, 3.05) is 27.7 Å². The number of hydrogen-bond donors (Lipinski definition) is 5. The molecule has 77 heavy (non-hydrogen) atoms. The Morgan fingerprint density at radius 2 is 1.10 bits per heavy atom. The van der Waals surface area contributed by atoms with Crippen molar-refractivity contribution < 1.29 is 48.6 Å². The second-order valence-corrected chi connectivity index (χ2v) is 22.7. The number of halogens is 2. The lowest BCUT2D eigenvalue weighted by Crippen LogP contribution is -2.24. The van der Waals surface area contributed by atoms with Gasteiger partial charge in [0, 0.05) is 46.0 Å². The van der Waals surface area contributed by atoms with Gasteiger partial charge in [-0.25, -0.2) is 8.78 Å². The van der Waals surface area contributed by atoms with Crippen molar-refractivity contribution >= 4 is 47.2 Å². The average Bonchev–Trinajstić information content (AvgIpc) is 3.35. The van der Waals surface area contributed by atoms with Gasteiger partial charge in [0.05, 0.1) is 60.8 Å². The van der Waals surface area contributed by atoms with Crippen LogP contribution < -0.4 is 13.3 Å². The van der Waals surface area contributed by atoms with Crippen LogP contribution in [0.2, 0.25) is 0 Å². The molecule has 0 spiro atoms. The van der Waals surface area contributed by atoms with Crippen molar-refractivity contribution in [1.82, 2.24) is 4.98 Å². The Balaban J connectivity index is 0.000000237. The van der Waals surface area contributed by atoms with E-state index < -0.39 is 34.8 Å². The molecule has 0 saturated heterocycles. The number of carbonyl (C=O) groups is 2. The molecule has 0 aliphatic carbocycles. The van der Waals surface area contributed by atoms with E-state index in [1.54, 1.807) is 65.6 Å². The van der Waals surface area contributed by atoms with Gasteiger partial charge in [-0.05, 0) is 199 Å². The number of aliphatic carboxylic acids is 2. The number of aromatic hydroxyl groups is 1. The number of aliphatic hydroxyl groups is 2. The number of carboxylic acids is 2. The Bertz CT molecular complexity index is 3120. The third-order valence-electron chi connectivity index (χ3n) is 13.0. The van der Waals surface area contributed by atoms with Gasteiger partial charge in [0.15, 0.2) is 0 Å². The number of fused-ring (bicyclic) bond motifs is 7. The van der Waals surface area contributed by atoms with E-state index in [-0.39, 0.29) is 30.7 Å². The highest BCUT2D eigenvalue weighted by Crippen LogP contribution is 2.53. The Morgan fingerprint density at radius 3 is 1.65 bits per heavy atom. The predicted octanol–water partition coefficient (Wildman–Crippen LogP) is 14.6. The zero-order valence-corrected chi connectivity index (χ0v) is 49.2. The Morgan fingerprint density at radius 1 is 0.610 bits per heavy atom. The lowest BCUT2D eigenvalue weighted by Gasteiger charge is -2.36. The zero-order valence-electron chi connectivity index (χ0n) is 47.6. The number of phenols is 1. The maximum atomic E-state index is 15.3. The number of carboxylic acid groups (broad SMARTS) is 2. The molecule has 414 valence electrons. The number of anilines is 2.